The highest BCUT2D eigenvalue weighted by Gasteiger charge is 2.18. The van der Waals surface area contributed by atoms with E-state index in [-0.39, 0.29) is 43.5 Å². The van der Waals surface area contributed by atoms with Gasteiger partial charge in [-0.25, -0.2) is 4.79 Å². The molecule has 0 saturated heterocycles. The molecule has 254 valence electrons. The predicted octanol–water partition coefficient (Wildman–Crippen LogP) is 7.61. The molecule has 3 aromatic carbocycles. The monoisotopic (exact) mass is 642 g/mol. The Morgan fingerprint density at radius 3 is 2.06 bits per heavy atom. The molecule has 2 N–H and O–H groups in total. The summed E-state index contributed by atoms with van der Waals surface area (Å²) in [6, 6.07) is 24.6. The topological polar surface area (TPSA) is 85.2 Å². The molecule has 0 aliphatic carbocycles. The quantitative estimate of drug-likeness (QED) is 0.0386. The number of aliphatic hydroxyl groups excluding tert-OH is 2. The highest BCUT2D eigenvalue weighted by Crippen LogP contribution is 2.27. The molecule has 3 rings (SSSR count). The average Bonchev–Trinajstić information content (AvgIpc) is 3.10. The standard InChI is InChI=1S/C41H54O6/c1-6-8-9-10-32-11-13-33(14-12-32)15-17-35-21-24-39(37(7-2)25-35)38-22-19-34(20-23-38)16-18-36(28-46-40(43)30(3)26-42)29-47-41(44)31(4)27-45-5/h11-14,19-25,36,40,42-43H,3-4,6-10,15-18,26-29H2,1-2,5H3. The number of rotatable bonds is 22. The Kier molecular flexibility index (Phi) is 16.6. The molecule has 0 aromatic heterocycles. The molecule has 0 amide bonds. The van der Waals surface area contributed by atoms with Crippen LogP contribution in [-0.4, -0.2) is 56.0 Å². The number of hydrogen-bond donors (Lipinski definition) is 2. The number of aryl methyl sites for hydroxylation is 5. The van der Waals surface area contributed by atoms with Gasteiger partial charge in [-0.1, -0.05) is 107 Å². The predicted molar refractivity (Wildman–Crippen MR) is 190 cm³/mol. The highest BCUT2D eigenvalue weighted by molar-refractivity contribution is 5.87. The van der Waals surface area contributed by atoms with E-state index in [2.05, 4.69) is 93.7 Å². The zero-order valence-electron chi connectivity index (χ0n) is 28.6. The van der Waals surface area contributed by atoms with Crippen LogP contribution in [0.4, 0.5) is 0 Å². The summed E-state index contributed by atoms with van der Waals surface area (Å²) < 4.78 is 15.9. The summed E-state index contributed by atoms with van der Waals surface area (Å²) >= 11 is 0. The molecule has 0 saturated carbocycles. The number of aliphatic hydroxyl groups is 2. The number of carbonyl (C=O) groups excluding carboxylic acids is 1. The molecule has 47 heavy (non-hydrogen) atoms. The van der Waals surface area contributed by atoms with Crippen LogP contribution in [0.5, 0.6) is 0 Å². The number of benzene rings is 3. The first-order chi connectivity index (χ1) is 22.8. The van der Waals surface area contributed by atoms with Gasteiger partial charge in [-0.05, 0) is 83.9 Å². The zero-order valence-corrected chi connectivity index (χ0v) is 28.6. The van der Waals surface area contributed by atoms with Crippen molar-refractivity contribution in [3.05, 3.63) is 119 Å². The van der Waals surface area contributed by atoms with Crippen LogP contribution in [0.2, 0.25) is 0 Å². The van der Waals surface area contributed by atoms with Crippen LogP contribution in [0.1, 0.15) is 67.3 Å². The van der Waals surface area contributed by atoms with Gasteiger partial charge >= 0.3 is 5.97 Å². The SMILES string of the molecule is C=C(COC)C(=O)OCC(CCc1ccc(-c2ccc(CCc3ccc(CCCCC)cc3)cc2CC)cc1)COC(O)C(=C)CO. The first-order valence-corrected chi connectivity index (χ1v) is 17.0. The van der Waals surface area contributed by atoms with Gasteiger partial charge in [0.25, 0.3) is 0 Å². The number of hydrogen-bond acceptors (Lipinski definition) is 6. The lowest BCUT2D eigenvalue weighted by Gasteiger charge is -2.20. The van der Waals surface area contributed by atoms with Crippen LogP contribution < -0.4 is 0 Å². The summed E-state index contributed by atoms with van der Waals surface area (Å²) in [6.07, 6.45) is 8.12. The zero-order chi connectivity index (χ0) is 34.0. The van der Waals surface area contributed by atoms with Crippen LogP contribution in [-0.2, 0) is 51.1 Å². The first kappa shape index (κ1) is 37.9. The second-order valence-corrected chi connectivity index (χ2v) is 12.4. The third kappa shape index (κ3) is 12.9. The van der Waals surface area contributed by atoms with E-state index in [1.165, 1.54) is 66.2 Å². The smallest absolute Gasteiger partial charge is 0.335 e. The van der Waals surface area contributed by atoms with Crippen molar-refractivity contribution in [1.29, 1.82) is 0 Å². The molecule has 0 bridgehead atoms. The van der Waals surface area contributed by atoms with Gasteiger partial charge in [0.05, 0.1) is 32.0 Å². The summed E-state index contributed by atoms with van der Waals surface area (Å²) in [5.41, 5.74) is 9.54. The molecular weight excluding hydrogens is 588 g/mol. The van der Waals surface area contributed by atoms with E-state index in [1.807, 2.05) is 0 Å². The Bertz CT molecular complexity index is 1390. The minimum Gasteiger partial charge on any atom is -0.462 e. The van der Waals surface area contributed by atoms with Crippen molar-refractivity contribution in [2.24, 2.45) is 5.92 Å². The Labute approximate surface area is 282 Å². The largest absolute Gasteiger partial charge is 0.462 e. The molecule has 3 aromatic rings. The van der Waals surface area contributed by atoms with Crippen LogP contribution in [0.3, 0.4) is 0 Å². The summed E-state index contributed by atoms with van der Waals surface area (Å²) in [6.45, 7) is 11.7. The molecule has 6 heteroatoms. The van der Waals surface area contributed by atoms with Crippen LogP contribution in [0, 0.1) is 5.92 Å². The molecule has 0 heterocycles. The van der Waals surface area contributed by atoms with Crippen molar-refractivity contribution >= 4 is 5.97 Å². The number of unbranched alkanes of at least 4 members (excludes halogenated alkanes) is 2. The summed E-state index contributed by atoms with van der Waals surface area (Å²) in [5.74, 6) is -0.704. The van der Waals surface area contributed by atoms with E-state index >= 15 is 0 Å². The summed E-state index contributed by atoms with van der Waals surface area (Å²) in [7, 11) is 1.49. The Hall–Kier alpha value is -3.55. The molecule has 0 fully saturated rings. The van der Waals surface area contributed by atoms with Gasteiger partial charge in [-0.2, -0.15) is 0 Å². The fraction of sp³-hybridized carbons (Fsp3) is 0.439. The molecule has 2 atom stereocenters. The molecule has 0 radical (unpaired) electrons. The lowest BCUT2D eigenvalue weighted by molar-refractivity contribution is -0.143. The number of ether oxygens (including phenoxy) is 3. The lowest BCUT2D eigenvalue weighted by Crippen LogP contribution is -2.25. The maximum absolute atomic E-state index is 12.3. The van der Waals surface area contributed by atoms with Gasteiger partial charge < -0.3 is 24.4 Å². The maximum Gasteiger partial charge on any atom is 0.335 e. The van der Waals surface area contributed by atoms with Gasteiger partial charge in [0.15, 0.2) is 6.29 Å². The van der Waals surface area contributed by atoms with Gasteiger partial charge in [0.1, 0.15) is 0 Å². The number of esters is 1. The molecule has 0 aliphatic heterocycles. The van der Waals surface area contributed by atoms with Crippen molar-refractivity contribution in [3.8, 4) is 11.1 Å². The minimum absolute atomic E-state index is 0.0948. The third-order valence-corrected chi connectivity index (χ3v) is 8.55. The van der Waals surface area contributed by atoms with Crippen molar-refractivity contribution in [1.82, 2.24) is 0 Å². The maximum atomic E-state index is 12.3. The van der Waals surface area contributed by atoms with E-state index in [4.69, 9.17) is 14.2 Å². The second-order valence-electron chi connectivity index (χ2n) is 12.4. The van der Waals surface area contributed by atoms with Gasteiger partial charge in [0, 0.05) is 18.6 Å². The van der Waals surface area contributed by atoms with Gasteiger partial charge in [-0.15, -0.1) is 0 Å². The Balaban J connectivity index is 1.59. The Morgan fingerprint density at radius 2 is 1.43 bits per heavy atom. The number of carbonyl (C=O) groups is 1. The normalized spacial score (nSPS) is 12.4. The Morgan fingerprint density at radius 1 is 0.809 bits per heavy atom. The summed E-state index contributed by atoms with van der Waals surface area (Å²) in [4.78, 5) is 12.3. The van der Waals surface area contributed by atoms with E-state index < -0.39 is 12.3 Å². The fourth-order valence-electron chi connectivity index (χ4n) is 5.51. The fourth-order valence-corrected chi connectivity index (χ4v) is 5.51. The van der Waals surface area contributed by atoms with Crippen LogP contribution in [0.25, 0.3) is 11.1 Å². The van der Waals surface area contributed by atoms with E-state index in [1.54, 1.807) is 0 Å². The first-order valence-electron chi connectivity index (χ1n) is 17.0. The van der Waals surface area contributed by atoms with Gasteiger partial charge in [-0.3, -0.25) is 0 Å². The summed E-state index contributed by atoms with van der Waals surface area (Å²) in [5, 5.41) is 19.3. The van der Waals surface area contributed by atoms with E-state index in [9.17, 15) is 15.0 Å². The molecular formula is C41H54O6. The lowest BCUT2D eigenvalue weighted by atomic mass is 9.92. The molecule has 0 spiro atoms. The number of methoxy groups -OCH3 is 1. The second kappa shape index (κ2) is 20.6. The molecule has 6 nitrogen and oxygen atoms in total. The minimum atomic E-state index is -1.29. The van der Waals surface area contributed by atoms with Crippen molar-refractivity contribution in [3.63, 3.8) is 0 Å². The molecule has 2 unspecified atom stereocenters. The van der Waals surface area contributed by atoms with Crippen molar-refractivity contribution < 1.29 is 29.2 Å². The van der Waals surface area contributed by atoms with E-state index in [0.29, 0.717) is 6.42 Å². The third-order valence-electron chi connectivity index (χ3n) is 8.55. The highest BCUT2D eigenvalue weighted by atomic mass is 16.6. The van der Waals surface area contributed by atoms with Crippen molar-refractivity contribution in [2.45, 2.75) is 77.9 Å². The van der Waals surface area contributed by atoms with Crippen LogP contribution >= 0.6 is 0 Å². The van der Waals surface area contributed by atoms with Gasteiger partial charge in [0.2, 0.25) is 0 Å². The average molecular weight is 643 g/mol. The van der Waals surface area contributed by atoms with E-state index in [0.717, 1.165) is 31.2 Å². The molecule has 0 aliphatic rings. The van der Waals surface area contributed by atoms with Crippen LogP contribution in [0.15, 0.2) is 91.0 Å². The van der Waals surface area contributed by atoms with Crippen molar-refractivity contribution in [2.75, 3.05) is 33.5 Å².